The highest BCUT2D eigenvalue weighted by molar-refractivity contribution is 5.76. The number of nitrogens with zero attached hydrogens (tertiary/aromatic N) is 1. The zero-order chi connectivity index (χ0) is 16.0. The minimum absolute atomic E-state index is 0.0577. The molecule has 1 amide bonds. The lowest BCUT2D eigenvalue weighted by Crippen LogP contribution is -2.32. The van der Waals surface area contributed by atoms with E-state index in [-0.39, 0.29) is 12.3 Å². The number of carbonyl (C=O) groups excluding carboxylic acids is 1. The van der Waals surface area contributed by atoms with Crippen LogP contribution in [0.5, 0.6) is 11.5 Å². The molecule has 0 radical (unpaired) electrons. The lowest BCUT2D eigenvalue weighted by atomic mass is 10.1. The summed E-state index contributed by atoms with van der Waals surface area (Å²) in [5, 5.41) is 12.3. The van der Waals surface area contributed by atoms with Crippen LogP contribution in [-0.2, 0) is 11.3 Å². The number of benzene rings is 1. The SMILES string of the molecule is CC(C)(O)CC(=O)NCc1ccc(Oc2ccccc2)cn1. The van der Waals surface area contributed by atoms with Gasteiger partial charge in [-0.25, -0.2) is 0 Å². The Labute approximate surface area is 130 Å². The molecule has 0 spiro atoms. The number of pyridine rings is 1. The Morgan fingerprint density at radius 1 is 1.18 bits per heavy atom. The first-order valence-corrected chi connectivity index (χ1v) is 7.09. The number of hydrogen-bond acceptors (Lipinski definition) is 4. The third-order valence-electron chi connectivity index (χ3n) is 2.84. The summed E-state index contributed by atoms with van der Waals surface area (Å²) in [6.45, 7) is 3.52. The van der Waals surface area contributed by atoms with Crippen molar-refractivity contribution in [3.63, 3.8) is 0 Å². The second-order valence-electron chi connectivity index (χ2n) is 5.67. The average Bonchev–Trinajstić information content (AvgIpc) is 2.46. The fourth-order valence-electron chi connectivity index (χ4n) is 1.85. The Bertz CT molecular complexity index is 604. The van der Waals surface area contributed by atoms with Gasteiger partial charge in [0.15, 0.2) is 0 Å². The molecule has 0 aliphatic rings. The van der Waals surface area contributed by atoms with E-state index >= 15 is 0 Å². The van der Waals surface area contributed by atoms with Crippen LogP contribution in [0.4, 0.5) is 0 Å². The molecular formula is C17H20N2O3. The molecule has 1 heterocycles. The van der Waals surface area contributed by atoms with Crippen LogP contribution in [0.2, 0.25) is 0 Å². The highest BCUT2D eigenvalue weighted by atomic mass is 16.5. The first kappa shape index (κ1) is 16.0. The molecule has 2 aromatic rings. The third kappa shape index (κ3) is 5.54. The van der Waals surface area contributed by atoms with Gasteiger partial charge in [0.2, 0.25) is 5.91 Å². The van der Waals surface area contributed by atoms with Crippen LogP contribution in [-0.4, -0.2) is 21.6 Å². The molecule has 0 unspecified atom stereocenters. The van der Waals surface area contributed by atoms with Crippen LogP contribution in [0.15, 0.2) is 48.7 Å². The first-order chi connectivity index (χ1) is 10.4. The lowest BCUT2D eigenvalue weighted by molar-refractivity contribution is -0.125. The van der Waals surface area contributed by atoms with Crippen molar-refractivity contribution in [1.82, 2.24) is 10.3 Å². The van der Waals surface area contributed by atoms with Crippen molar-refractivity contribution in [1.29, 1.82) is 0 Å². The third-order valence-corrected chi connectivity index (χ3v) is 2.84. The molecule has 5 nitrogen and oxygen atoms in total. The van der Waals surface area contributed by atoms with Gasteiger partial charge in [0, 0.05) is 0 Å². The van der Waals surface area contributed by atoms with E-state index in [0.717, 1.165) is 11.4 Å². The fourth-order valence-corrected chi connectivity index (χ4v) is 1.85. The van der Waals surface area contributed by atoms with Crippen molar-refractivity contribution in [2.24, 2.45) is 0 Å². The van der Waals surface area contributed by atoms with Crippen molar-refractivity contribution >= 4 is 5.91 Å². The molecule has 0 fully saturated rings. The highest BCUT2D eigenvalue weighted by Gasteiger charge is 2.17. The molecular weight excluding hydrogens is 280 g/mol. The van der Waals surface area contributed by atoms with Gasteiger partial charge in [-0.15, -0.1) is 0 Å². The van der Waals surface area contributed by atoms with Gasteiger partial charge in [-0.2, -0.15) is 0 Å². The maximum atomic E-state index is 11.6. The number of rotatable bonds is 6. The Morgan fingerprint density at radius 3 is 2.50 bits per heavy atom. The van der Waals surface area contributed by atoms with Gasteiger partial charge in [-0.1, -0.05) is 18.2 Å². The summed E-state index contributed by atoms with van der Waals surface area (Å²) < 4.78 is 5.64. The van der Waals surface area contributed by atoms with E-state index in [0.29, 0.717) is 12.3 Å². The summed E-state index contributed by atoms with van der Waals surface area (Å²) in [6, 6.07) is 13.0. The normalized spacial score (nSPS) is 11.0. The minimum atomic E-state index is -1.01. The van der Waals surface area contributed by atoms with E-state index in [1.807, 2.05) is 30.3 Å². The van der Waals surface area contributed by atoms with E-state index in [1.165, 1.54) is 0 Å². The smallest absolute Gasteiger partial charge is 0.223 e. The molecule has 2 rings (SSSR count). The Hall–Kier alpha value is -2.40. The van der Waals surface area contributed by atoms with Gasteiger partial charge >= 0.3 is 0 Å². The van der Waals surface area contributed by atoms with E-state index < -0.39 is 5.60 Å². The van der Waals surface area contributed by atoms with Gasteiger partial charge in [0.05, 0.1) is 30.5 Å². The predicted octanol–water partition coefficient (Wildman–Crippen LogP) is 2.65. The quantitative estimate of drug-likeness (QED) is 0.860. The Kier molecular flexibility index (Phi) is 5.12. The molecule has 0 saturated heterocycles. The number of aliphatic hydroxyl groups is 1. The van der Waals surface area contributed by atoms with Crippen LogP contribution in [0.3, 0.4) is 0 Å². The Balaban J connectivity index is 1.86. The van der Waals surface area contributed by atoms with Gasteiger partial charge in [-0.3, -0.25) is 9.78 Å². The standard InChI is InChI=1S/C17H20N2O3/c1-17(2,21)10-16(20)19-11-13-8-9-15(12-18-13)22-14-6-4-3-5-7-14/h3-9,12,21H,10-11H2,1-2H3,(H,19,20). The van der Waals surface area contributed by atoms with Gasteiger partial charge in [0.25, 0.3) is 0 Å². The fraction of sp³-hybridized carbons (Fsp3) is 0.294. The maximum Gasteiger partial charge on any atom is 0.223 e. The van der Waals surface area contributed by atoms with Gasteiger partial charge in [0.1, 0.15) is 11.5 Å². The molecule has 1 aromatic carbocycles. The van der Waals surface area contributed by atoms with Crippen molar-refractivity contribution in [2.75, 3.05) is 0 Å². The second kappa shape index (κ2) is 7.04. The van der Waals surface area contributed by atoms with Crippen LogP contribution in [0.25, 0.3) is 0 Å². The van der Waals surface area contributed by atoms with Crippen molar-refractivity contribution in [2.45, 2.75) is 32.4 Å². The number of amides is 1. The van der Waals surface area contributed by atoms with E-state index in [9.17, 15) is 9.90 Å². The molecule has 5 heteroatoms. The lowest BCUT2D eigenvalue weighted by Gasteiger charge is -2.16. The monoisotopic (exact) mass is 300 g/mol. The van der Waals surface area contributed by atoms with Gasteiger partial charge in [-0.05, 0) is 38.1 Å². The highest BCUT2D eigenvalue weighted by Crippen LogP contribution is 2.19. The summed E-state index contributed by atoms with van der Waals surface area (Å²) in [6.07, 6.45) is 1.67. The summed E-state index contributed by atoms with van der Waals surface area (Å²) >= 11 is 0. The molecule has 2 N–H and O–H groups in total. The van der Waals surface area contributed by atoms with E-state index in [1.54, 1.807) is 32.2 Å². The predicted molar refractivity (Wildman–Crippen MR) is 83.5 cm³/mol. The molecule has 0 saturated carbocycles. The number of carbonyl (C=O) groups is 1. The summed E-state index contributed by atoms with van der Waals surface area (Å²) in [5.74, 6) is 1.17. The minimum Gasteiger partial charge on any atom is -0.456 e. The topological polar surface area (TPSA) is 71.5 Å². The number of hydrogen-bond donors (Lipinski definition) is 2. The number of para-hydroxylation sites is 1. The summed E-state index contributed by atoms with van der Waals surface area (Å²) in [7, 11) is 0. The average molecular weight is 300 g/mol. The Morgan fingerprint density at radius 2 is 1.91 bits per heavy atom. The zero-order valence-corrected chi connectivity index (χ0v) is 12.7. The molecule has 22 heavy (non-hydrogen) atoms. The number of nitrogens with one attached hydrogen (secondary N) is 1. The van der Waals surface area contributed by atoms with E-state index in [2.05, 4.69) is 10.3 Å². The van der Waals surface area contributed by atoms with Crippen molar-refractivity contribution in [3.8, 4) is 11.5 Å². The molecule has 0 aliphatic carbocycles. The van der Waals surface area contributed by atoms with Crippen LogP contribution in [0.1, 0.15) is 26.0 Å². The number of aromatic nitrogens is 1. The molecule has 0 aliphatic heterocycles. The van der Waals surface area contributed by atoms with Crippen LogP contribution >= 0.6 is 0 Å². The maximum absolute atomic E-state index is 11.6. The van der Waals surface area contributed by atoms with Gasteiger partial charge < -0.3 is 15.2 Å². The van der Waals surface area contributed by atoms with Crippen LogP contribution < -0.4 is 10.1 Å². The zero-order valence-electron chi connectivity index (χ0n) is 12.7. The van der Waals surface area contributed by atoms with Crippen molar-refractivity contribution in [3.05, 3.63) is 54.4 Å². The summed E-state index contributed by atoms with van der Waals surface area (Å²) in [5.41, 5.74) is -0.283. The van der Waals surface area contributed by atoms with Crippen LogP contribution in [0, 0.1) is 0 Å². The largest absolute Gasteiger partial charge is 0.456 e. The second-order valence-corrected chi connectivity index (χ2v) is 5.67. The molecule has 0 atom stereocenters. The molecule has 0 bridgehead atoms. The summed E-state index contributed by atoms with van der Waals surface area (Å²) in [4.78, 5) is 15.9. The van der Waals surface area contributed by atoms with Crippen molar-refractivity contribution < 1.29 is 14.6 Å². The first-order valence-electron chi connectivity index (χ1n) is 7.09. The molecule has 116 valence electrons. The van der Waals surface area contributed by atoms with E-state index in [4.69, 9.17) is 4.74 Å². The molecule has 1 aromatic heterocycles. The number of ether oxygens (including phenoxy) is 1.